The van der Waals surface area contributed by atoms with Gasteiger partial charge in [-0.25, -0.2) is 5.48 Å². The minimum absolute atomic E-state index is 0.0172. The average molecular weight is 434 g/mol. The lowest BCUT2D eigenvalue weighted by atomic mass is 9.62. The molecule has 4 nitrogen and oxygen atoms in total. The van der Waals surface area contributed by atoms with E-state index < -0.39 is 0 Å². The molecule has 1 N–H and O–H groups in total. The van der Waals surface area contributed by atoms with Crippen LogP contribution in [0.25, 0.3) is 0 Å². The molecule has 1 aliphatic carbocycles. The SMILES string of the molecule is C/C=C(\C)CONC(=O)c1ccc(C(=O)c2cc3c(cc2C)C(C)(C)CCC3(C)C)cc1. The third kappa shape index (κ3) is 4.86. The first-order valence-corrected chi connectivity index (χ1v) is 11.3. The Labute approximate surface area is 192 Å². The molecular weight excluding hydrogens is 398 g/mol. The second-order valence-electron chi connectivity index (χ2n) is 10.2. The van der Waals surface area contributed by atoms with Crippen molar-refractivity contribution < 1.29 is 14.4 Å². The van der Waals surface area contributed by atoms with Crippen molar-refractivity contribution in [2.45, 2.75) is 72.1 Å². The van der Waals surface area contributed by atoms with Gasteiger partial charge in [-0.2, -0.15) is 0 Å². The van der Waals surface area contributed by atoms with Crippen LogP contribution >= 0.6 is 0 Å². The number of amides is 1. The molecule has 0 atom stereocenters. The maximum absolute atomic E-state index is 13.4. The summed E-state index contributed by atoms with van der Waals surface area (Å²) in [6.07, 6.45) is 4.17. The molecule has 0 aromatic heterocycles. The summed E-state index contributed by atoms with van der Waals surface area (Å²) >= 11 is 0. The van der Waals surface area contributed by atoms with Crippen LogP contribution < -0.4 is 5.48 Å². The number of nitrogens with one attached hydrogen (secondary N) is 1. The zero-order chi connectivity index (χ0) is 23.7. The number of hydrogen-bond donors (Lipinski definition) is 1. The first kappa shape index (κ1) is 23.9. The van der Waals surface area contributed by atoms with Crippen LogP contribution in [0, 0.1) is 6.92 Å². The third-order valence-corrected chi connectivity index (χ3v) is 6.81. The van der Waals surface area contributed by atoms with Gasteiger partial charge in [-0.15, -0.1) is 0 Å². The fraction of sp³-hybridized carbons (Fsp3) is 0.429. The van der Waals surface area contributed by atoms with E-state index in [1.54, 1.807) is 24.3 Å². The maximum Gasteiger partial charge on any atom is 0.274 e. The molecule has 1 amide bonds. The van der Waals surface area contributed by atoms with E-state index in [2.05, 4.69) is 45.3 Å². The molecule has 0 spiro atoms. The molecule has 170 valence electrons. The van der Waals surface area contributed by atoms with Gasteiger partial charge in [0.15, 0.2) is 5.78 Å². The molecule has 0 radical (unpaired) electrons. The lowest BCUT2D eigenvalue weighted by molar-refractivity contribution is 0.0399. The van der Waals surface area contributed by atoms with Crippen molar-refractivity contribution in [1.82, 2.24) is 5.48 Å². The normalized spacial score (nSPS) is 16.9. The highest BCUT2D eigenvalue weighted by molar-refractivity contribution is 6.10. The first-order valence-electron chi connectivity index (χ1n) is 11.3. The number of aryl methyl sites for hydroxylation is 1. The summed E-state index contributed by atoms with van der Waals surface area (Å²) in [5.41, 5.74) is 8.99. The Balaban J connectivity index is 1.83. The van der Waals surface area contributed by atoms with Gasteiger partial charge in [-0.3, -0.25) is 14.4 Å². The van der Waals surface area contributed by atoms with Crippen molar-refractivity contribution >= 4 is 11.7 Å². The predicted molar refractivity (Wildman–Crippen MR) is 129 cm³/mol. The van der Waals surface area contributed by atoms with Crippen molar-refractivity contribution in [3.05, 3.63) is 81.4 Å². The molecule has 32 heavy (non-hydrogen) atoms. The number of benzene rings is 2. The molecule has 0 unspecified atom stereocenters. The minimum Gasteiger partial charge on any atom is -0.289 e. The van der Waals surface area contributed by atoms with E-state index in [1.807, 2.05) is 26.8 Å². The molecule has 1 aliphatic rings. The topological polar surface area (TPSA) is 55.4 Å². The highest BCUT2D eigenvalue weighted by atomic mass is 16.6. The summed E-state index contributed by atoms with van der Waals surface area (Å²) < 4.78 is 0. The number of carbonyl (C=O) groups excluding carboxylic acids is 2. The molecular formula is C28H35NO3. The number of hydroxylamine groups is 1. The molecule has 2 aromatic rings. The van der Waals surface area contributed by atoms with E-state index in [-0.39, 0.29) is 22.5 Å². The third-order valence-electron chi connectivity index (χ3n) is 6.81. The van der Waals surface area contributed by atoms with Gasteiger partial charge in [0.2, 0.25) is 0 Å². The summed E-state index contributed by atoms with van der Waals surface area (Å²) in [7, 11) is 0. The lowest BCUT2D eigenvalue weighted by Gasteiger charge is -2.42. The molecule has 0 aliphatic heterocycles. The Kier molecular flexibility index (Phi) is 6.75. The monoisotopic (exact) mass is 433 g/mol. The lowest BCUT2D eigenvalue weighted by Crippen LogP contribution is -2.34. The van der Waals surface area contributed by atoms with Gasteiger partial charge in [-0.05, 0) is 84.9 Å². The highest BCUT2D eigenvalue weighted by Gasteiger charge is 2.37. The summed E-state index contributed by atoms with van der Waals surface area (Å²) in [6.45, 7) is 15.3. The molecule has 3 rings (SSSR count). The van der Waals surface area contributed by atoms with E-state index >= 15 is 0 Å². The van der Waals surface area contributed by atoms with E-state index in [0.717, 1.165) is 29.5 Å². The van der Waals surface area contributed by atoms with E-state index in [1.165, 1.54) is 11.1 Å². The van der Waals surface area contributed by atoms with Gasteiger partial charge in [0.25, 0.3) is 5.91 Å². The summed E-state index contributed by atoms with van der Waals surface area (Å²) in [5, 5.41) is 0. The summed E-state index contributed by atoms with van der Waals surface area (Å²) in [6, 6.07) is 11.1. The Morgan fingerprint density at radius 3 is 2.06 bits per heavy atom. The van der Waals surface area contributed by atoms with Gasteiger partial charge in [0, 0.05) is 16.7 Å². The van der Waals surface area contributed by atoms with Gasteiger partial charge in [0.05, 0.1) is 6.61 Å². The molecule has 0 saturated carbocycles. The Morgan fingerprint density at radius 2 is 1.50 bits per heavy atom. The average Bonchev–Trinajstić information content (AvgIpc) is 2.76. The van der Waals surface area contributed by atoms with Crippen molar-refractivity contribution in [2.24, 2.45) is 0 Å². The van der Waals surface area contributed by atoms with E-state index in [9.17, 15) is 9.59 Å². The van der Waals surface area contributed by atoms with Crippen LogP contribution in [0.4, 0.5) is 0 Å². The molecule has 4 heteroatoms. The Morgan fingerprint density at radius 1 is 0.969 bits per heavy atom. The van der Waals surface area contributed by atoms with Gasteiger partial charge in [0.1, 0.15) is 0 Å². The zero-order valence-electron chi connectivity index (χ0n) is 20.4. The number of hydrogen-bond acceptors (Lipinski definition) is 3. The summed E-state index contributed by atoms with van der Waals surface area (Å²) in [4.78, 5) is 30.8. The van der Waals surface area contributed by atoms with E-state index in [0.29, 0.717) is 17.7 Å². The highest BCUT2D eigenvalue weighted by Crippen LogP contribution is 2.46. The van der Waals surface area contributed by atoms with Gasteiger partial charge >= 0.3 is 0 Å². The van der Waals surface area contributed by atoms with Crippen molar-refractivity contribution in [1.29, 1.82) is 0 Å². The van der Waals surface area contributed by atoms with Crippen LogP contribution in [0.5, 0.6) is 0 Å². The van der Waals surface area contributed by atoms with Crippen LogP contribution in [0.15, 0.2) is 48.0 Å². The second kappa shape index (κ2) is 9.03. The van der Waals surface area contributed by atoms with Crippen LogP contribution in [0.3, 0.4) is 0 Å². The Hall–Kier alpha value is -2.72. The molecule has 2 aromatic carbocycles. The maximum atomic E-state index is 13.4. The smallest absolute Gasteiger partial charge is 0.274 e. The van der Waals surface area contributed by atoms with Gasteiger partial charge < -0.3 is 0 Å². The fourth-order valence-corrected chi connectivity index (χ4v) is 4.25. The standard InChI is InChI=1S/C28H35NO3/c1-8-18(2)17-32-29-26(31)21-11-9-20(10-12-21)25(30)22-16-24-23(15-19(22)3)27(4,5)13-14-28(24,6)7/h8-12,15-16H,13-14,17H2,1-7H3,(H,29,31)/b18-8+. The van der Waals surface area contributed by atoms with Crippen LogP contribution in [-0.4, -0.2) is 18.3 Å². The number of fused-ring (bicyclic) bond motifs is 1. The molecule has 0 heterocycles. The van der Waals surface area contributed by atoms with Crippen LogP contribution in [0.2, 0.25) is 0 Å². The van der Waals surface area contributed by atoms with Crippen molar-refractivity contribution in [2.75, 3.05) is 6.61 Å². The number of rotatable bonds is 6. The van der Waals surface area contributed by atoms with Gasteiger partial charge in [-0.1, -0.05) is 52.0 Å². The quantitative estimate of drug-likeness (QED) is 0.335. The molecule has 0 saturated heterocycles. The predicted octanol–water partition coefficient (Wildman–Crippen LogP) is 6.20. The summed E-state index contributed by atoms with van der Waals surface area (Å²) in [5.74, 6) is -0.349. The number of ketones is 1. The number of carbonyl (C=O) groups is 2. The second-order valence-corrected chi connectivity index (χ2v) is 10.2. The van der Waals surface area contributed by atoms with Crippen molar-refractivity contribution in [3.63, 3.8) is 0 Å². The number of allylic oxidation sites excluding steroid dienone is 1. The fourth-order valence-electron chi connectivity index (χ4n) is 4.25. The molecule has 0 bridgehead atoms. The molecule has 0 fully saturated rings. The van der Waals surface area contributed by atoms with E-state index in [4.69, 9.17) is 4.84 Å². The van der Waals surface area contributed by atoms with Crippen LogP contribution in [-0.2, 0) is 15.7 Å². The zero-order valence-corrected chi connectivity index (χ0v) is 20.4. The van der Waals surface area contributed by atoms with Crippen LogP contribution in [0.1, 0.15) is 97.4 Å². The van der Waals surface area contributed by atoms with Crippen molar-refractivity contribution in [3.8, 4) is 0 Å². The Bertz CT molecular complexity index is 1060. The minimum atomic E-state index is -0.332. The largest absolute Gasteiger partial charge is 0.289 e. The first-order chi connectivity index (χ1) is 15.0.